The molecular formula is C23H18F2N2O. The molecule has 3 nitrogen and oxygen atoms in total. The highest BCUT2D eigenvalue weighted by molar-refractivity contribution is 5.62. The molecular weight excluding hydrogens is 358 g/mol. The van der Waals surface area contributed by atoms with Crippen LogP contribution in [0.25, 0.3) is 6.08 Å². The Bertz CT molecular complexity index is 1080. The van der Waals surface area contributed by atoms with Crippen molar-refractivity contribution in [2.75, 3.05) is 0 Å². The third-order valence-corrected chi connectivity index (χ3v) is 5.08. The fourth-order valence-electron chi connectivity index (χ4n) is 3.90. The number of nitrogens with zero attached hydrogens (tertiary/aromatic N) is 1. The van der Waals surface area contributed by atoms with Gasteiger partial charge < -0.3 is 10.5 Å². The second-order valence-corrected chi connectivity index (χ2v) is 6.91. The van der Waals surface area contributed by atoms with Gasteiger partial charge in [-0.05, 0) is 71.9 Å². The molecule has 0 unspecified atom stereocenters. The maximum atomic E-state index is 13.9. The predicted molar refractivity (Wildman–Crippen MR) is 102 cm³/mol. The molecule has 2 aromatic rings. The minimum atomic E-state index is -0.444. The summed E-state index contributed by atoms with van der Waals surface area (Å²) >= 11 is 0. The quantitative estimate of drug-likeness (QED) is 0.774. The summed E-state index contributed by atoms with van der Waals surface area (Å²) < 4.78 is 33.3. The van der Waals surface area contributed by atoms with Crippen molar-refractivity contribution >= 4 is 6.08 Å². The molecule has 4 rings (SSSR count). The summed E-state index contributed by atoms with van der Waals surface area (Å²) in [7, 11) is 0. The highest BCUT2D eigenvalue weighted by atomic mass is 19.1. The van der Waals surface area contributed by atoms with E-state index in [0.717, 1.165) is 36.0 Å². The van der Waals surface area contributed by atoms with E-state index in [0.29, 0.717) is 11.3 Å². The van der Waals surface area contributed by atoms with E-state index in [2.05, 4.69) is 6.07 Å². The van der Waals surface area contributed by atoms with Crippen LogP contribution in [0.1, 0.15) is 36.3 Å². The number of halogens is 2. The lowest BCUT2D eigenvalue weighted by atomic mass is 9.77. The van der Waals surface area contributed by atoms with E-state index in [-0.39, 0.29) is 23.1 Å². The minimum Gasteiger partial charge on any atom is -0.440 e. The number of allylic oxidation sites excluding steroid dienone is 3. The Kier molecular flexibility index (Phi) is 4.70. The van der Waals surface area contributed by atoms with Crippen LogP contribution in [0.3, 0.4) is 0 Å². The van der Waals surface area contributed by atoms with Crippen LogP contribution in [0.5, 0.6) is 0 Å². The molecule has 0 amide bonds. The lowest BCUT2D eigenvalue weighted by Gasteiger charge is -2.33. The Morgan fingerprint density at radius 3 is 2.54 bits per heavy atom. The molecule has 1 aliphatic carbocycles. The number of rotatable bonds is 2. The van der Waals surface area contributed by atoms with E-state index in [4.69, 9.17) is 10.5 Å². The van der Waals surface area contributed by atoms with Crippen LogP contribution in [0.2, 0.25) is 0 Å². The molecule has 5 heteroatoms. The highest BCUT2D eigenvalue weighted by Gasteiger charge is 2.35. The second kappa shape index (κ2) is 7.32. The van der Waals surface area contributed by atoms with Crippen molar-refractivity contribution < 1.29 is 13.5 Å². The molecule has 2 N–H and O–H groups in total. The number of ether oxygens (including phenoxy) is 1. The zero-order chi connectivity index (χ0) is 19.7. The van der Waals surface area contributed by atoms with Crippen molar-refractivity contribution in [3.63, 3.8) is 0 Å². The van der Waals surface area contributed by atoms with Crippen LogP contribution in [-0.4, -0.2) is 0 Å². The van der Waals surface area contributed by atoms with Crippen LogP contribution in [0.4, 0.5) is 8.78 Å². The third kappa shape index (κ3) is 3.29. The summed E-state index contributed by atoms with van der Waals surface area (Å²) in [6.07, 6.45) is 4.20. The zero-order valence-corrected chi connectivity index (χ0v) is 15.1. The van der Waals surface area contributed by atoms with E-state index in [1.165, 1.54) is 24.3 Å². The molecule has 1 aliphatic heterocycles. The fourth-order valence-corrected chi connectivity index (χ4v) is 3.90. The van der Waals surface area contributed by atoms with Crippen LogP contribution < -0.4 is 5.73 Å². The smallest absolute Gasteiger partial charge is 0.205 e. The average molecular weight is 376 g/mol. The molecule has 1 atom stereocenters. The molecule has 1 heterocycles. The number of nitriles is 1. The molecule has 140 valence electrons. The van der Waals surface area contributed by atoms with Gasteiger partial charge in [0, 0.05) is 5.92 Å². The van der Waals surface area contributed by atoms with Gasteiger partial charge in [0.1, 0.15) is 29.0 Å². The fraction of sp³-hybridized carbons (Fsp3) is 0.174. The van der Waals surface area contributed by atoms with Gasteiger partial charge in [-0.15, -0.1) is 0 Å². The van der Waals surface area contributed by atoms with Gasteiger partial charge >= 0.3 is 0 Å². The molecule has 28 heavy (non-hydrogen) atoms. The van der Waals surface area contributed by atoms with Crippen LogP contribution >= 0.6 is 0 Å². The first-order valence-electron chi connectivity index (χ1n) is 9.09. The molecule has 0 fully saturated rings. The molecule has 0 aromatic heterocycles. The van der Waals surface area contributed by atoms with Crippen molar-refractivity contribution in [1.29, 1.82) is 5.26 Å². The minimum absolute atomic E-state index is 0.0301. The lowest BCUT2D eigenvalue weighted by molar-refractivity contribution is 0.277. The molecule has 0 spiro atoms. The number of nitrogens with two attached hydrogens (primary N) is 1. The van der Waals surface area contributed by atoms with Crippen molar-refractivity contribution in [3.05, 3.63) is 99.7 Å². The first-order chi connectivity index (χ1) is 13.6. The van der Waals surface area contributed by atoms with E-state index in [9.17, 15) is 14.0 Å². The van der Waals surface area contributed by atoms with Gasteiger partial charge in [-0.3, -0.25) is 0 Å². The summed E-state index contributed by atoms with van der Waals surface area (Å²) in [5.74, 6) is -0.481. The Balaban J connectivity index is 1.85. The number of hydrogen-bond donors (Lipinski definition) is 1. The highest BCUT2D eigenvalue weighted by Crippen LogP contribution is 2.46. The maximum Gasteiger partial charge on any atom is 0.205 e. The van der Waals surface area contributed by atoms with Crippen molar-refractivity contribution in [2.24, 2.45) is 5.73 Å². The summed E-state index contributed by atoms with van der Waals surface area (Å²) in [6, 6.07) is 14.7. The van der Waals surface area contributed by atoms with Gasteiger partial charge in [-0.25, -0.2) is 8.78 Å². The predicted octanol–water partition coefficient (Wildman–Crippen LogP) is 5.29. The van der Waals surface area contributed by atoms with Gasteiger partial charge in [-0.2, -0.15) is 5.26 Å². The molecule has 0 bridgehead atoms. The Morgan fingerprint density at radius 2 is 1.82 bits per heavy atom. The Hall–Kier alpha value is -3.39. The van der Waals surface area contributed by atoms with Gasteiger partial charge in [0.05, 0.1) is 0 Å². The van der Waals surface area contributed by atoms with E-state index in [1.54, 1.807) is 18.2 Å². The topological polar surface area (TPSA) is 59.0 Å². The molecule has 2 aromatic carbocycles. The van der Waals surface area contributed by atoms with Crippen LogP contribution in [-0.2, 0) is 4.74 Å². The normalized spacial score (nSPS) is 20.6. The summed E-state index contributed by atoms with van der Waals surface area (Å²) in [4.78, 5) is 0. The molecule has 0 radical (unpaired) electrons. The lowest BCUT2D eigenvalue weighted by Crippen LogP contribution is -2.23. The van der Waals surface area contributed by atoms with E-state index < -0.39 is 5.92 Å². The largest absolute Gasteiger partial charge is 0.440 e. The Labute approximate surface area is 162 Å². The summed E-state index contributed by atoms with van der Waals surface area (Å²) in [6.45, 7) is 0. The van der Waals surface area contributed by atoms with Crippen LogP contribution in [0, 0.1) is 23.0 Å². The zero-order valence-electron chi connectivity index (χ0n) is 15.1. The first-order valence-corrected chi connectivity index (χ1v) is 9.09. The van der Waals surface area contributed by atoms with Crippen molar-refractivity contribution in [3.8, 4) is 6.07 Å². The number of hydrogen-bond acceptors (Lipinski definition) is 3. The average Bonchev–Trinajstić information content (AvgIpc) is 2.67. The first kappa shape index (κ1) is 18.0. The van der Waals surface area contributed by atoms with Crippen LogP contribution in [0.15, 0.2) is 76.9 Å². The van der Waals surface area contributed by atoms with Gasteiger partial charge in [-0.1, -0.05) is 24.3 Å². The van der Waals surface area contributed by atoms with Gasteiger partial charge in [0.25, 0.3) is 0 Å². The standard InChI is InChI=1S/C23H18F2N2O/c24-17-7-1-4-14(11-17)10-16-6-3-9-19-21(15-5-2-8-18(25)12-15)20(13-26)23(27)28-22(16)19/h1-2,4-5,7-8,10-12,21H,3,6,9,27H2/b16-10+/t21-/m0/s1. The van der Waals surface area contributed by atoms with Gasteiger partial charge in [0.2, 0.25) is 5.88 Å². The van der Waals surface area contributed by atoms with E-state index in [1.807, 2.05) is 12.1 Å². The van der Waals surface area contributed by atoms with Gasteiger partial charge in [0.15, 0.2) is 0 Å². The second-order valence-electron chi connectivity index (χ2n) is 6.91. The summed E-state index contributed by atoms with van der Waals surface area (Å²) in [5, 5.41) is 9.64. The monoisotopic (exact) mass is 376 g/mol. The van der Waals surface area contributed by atoms with E-state index >= 15 is 0 Å². The van der Waals surface area contributed by atoms with Crippen molar-refractivity contribution in [2.45, 2.75) is 25.2 Å². The maximum absolute atomic E-state index is 13.9. The molecule has 0 saturated carbocycles. The number of benzene rings is 2. The molecule has 0 saturated heterocycles. The summed E-state index contributed by atoms with van der Waals surface area (Å²) in [5.41, 5.74) is 9.55. The Morgan fingerprint density at radius 1 is 1.07 bits per heavy atom. The van der Waals surface area contributed by atoms with Crippen molar-refractivity contribution in [1.82, 2.24) is 0 Å². The SMILES string of the molecule is N#CC1=C(N)OC2=C(CCC/C2=C\c2cccc(F)c2)[C@@H]1c1cccc(F)c1. The molecule has 2 aliphatic rings. The third-order valence-electron chi connectivity index (χ3n) is 5.08.